The highest BCUT2D eigenvalue weighted by Gasteiger charge is 2.24. The van der Waals surface area contributed by atoms with Gasteiger partial charge in [0.25, 0.3) is 0 Å². The summed E-state index contributed by atoms with van der Waals surface area (Å²) in [5.41, 5.74) is 1.70. The first kappa shape index (κ1) is 33.1. The molecular weight excluding hydrogens is 524 g/mol. The van der Waals surface area contributed by atoms with Gasteiger partial charge in [-0.25, -0.2) is 9.59 Å². The third kappa shape index (κ3) is 14.2. The highest BCUT2D eigenvalue weighted by Crippen LogP contribution is 2.08. The quantitative estimate of drug-likeness (QED) is 0.223. The van der Waals surface area contributed by atoms with Crippen molar-refractivity contribution < 1.29 is 28.7 Å². The molecular formula is C31H44N4O6. The van der Waals surface area contributed by atoms with E-state index in [-0.39, 0.29) is 36.9 Å². The standard InChI is InChI=1S/C31H44N4O6/c1-22(2)18-26(34-30(38)40-20-24-12-7-5-8-13-24)28(36)32-16-11-17-33-29(37)27(19-23(3)4)35-31(39)41-21-25-14-9-6-10-15-25/h5-10,12-15,22-23,26-27H,11,16-21H2,1-4H3,(H,32,36)(H,33,37)(H,34,38)(H,35,39)/t26-,27-/m0/s1. The van der Waals surface area contributed by atoms with Gasteiger partial charge in [0.2, 0.25) is 11.8 Å². The molecule has 2 aromatic carbocycles. The van der Waals surface area contributed by atoms with E-state index < -0.39 is 24.3 Å². The van der Waals surface area contributed by atoms with Gasteiger partial charge >= 0.3 is 12.2 Å². The molecule has 2 atom stereocenters. The molecule has 0 aromatic heterocycles. The van der Waals surface area contributed by atoms with E-state index in [1.165, 1.54) is 0 Å². The Kier molecular flexibility index (Phi) is 14.8. The fourth-order valence-corrected chi connectivity index (χ4v) is 3.98. The molecule has 0 bridgehead atoms. The van der Waals surface area contributed by atoms with Crippen LogP contribution < -0.4 is 21.3 Å². The molecule has 41 heavy (non-hydrogen) atoms. The average Bonchev–Trinajstić information content (AvgIpc) is 2.94. The van der Waals surface area contributed by atoms with Crippen molar-refractivity contribution in [3.8, 4) is 0 Å². The average molecular weight is 569 g/mol. The Bertz CT molecular complexity index is 993. The van der Waals surface area contributed by atoms with Crippen LogP contribution in [0, 0.1) is 11.8 Å². The van der Waals surface area contributed by atoms with Crippen LogP contribution in [0.2, 0.25) is 0 Å². The van der Waals surface area contributed by atoms with Gasteiger partial charge in [-0.1, -0.05) is 88.4 Å². The van der Waals surface area contributed by atoms with Gasteiger partial charge in [0.15, 0.2) is 0 Å². The van der Waals surface area contributed by atoms with E-state index in [0.29, 0.717) is 32.4 Å². The molecule has 4 N–H and O–H groups in total. The number of ether oxygens (including phenoxy) is 2. The smallest absolute Gasteiger partial charge is 0.408 e. The highest BCUT2D eigenvalue weighted by molar-refractivity contribution is 5.86. The maximum Gasteiger partial charge on any atom is 0.408 e. The molecule has 10 nitrogen and oxygen atoms in total. The van der Waals surface area contributed by atoms with E-state index in [1.54, 1.807) is 0 Å². The van der Waals surface area contributed by atoms with Crippen molar-refractivity contribution in [2.75, 3.05) is 13.1 Å². The zero-order chi connectivity index (χ0) is 30.0. The van der Waals surface area contributed by atoms with Gasteiger partial charge in [-0.05, 0) is 42.2 Å². The van der Waals surface area contributed by atoms with Crippen LogP contribution in [0.5, 0.6) is 0 Å². The van der Waals surface area contributed by atoms with Crippen LogP contribution in [-0.4, -0.2) is 49.2 Å². The maximum atomic E-state index is 12.8. The lowest BCUT2D eigenvalue weighted by Gasteiger charge is -2.21. The van der Waals surface area contributed by atoms with Crippen molar-refractivity contribution in [3.05, 3.63) is 71.8 Å². The minimum absolute atomic E-state index is 0.111. The van der Waals surface area contributed by atoms with Gasteiger partial charge in [-0.3, -0.25) is 9.59 Å². The number of carbonyl (C=O) groups excluding carboxylic acids is 4. The van der Waals surface area contributed by atoms with Crippen LogP contribution in [0.15, 0.2) is 60.7 Å². The lowest BCUT2D eigenvalue weighted by Crippen LogP contribution is -2.49. The van der Waals surface area contributed by atoms with Gasteiger partial charge in [0, 0.05) is 13.1 Å². The number of nitrogens with one attached hydrogen (secondary N) is 4. The molecule has 224 valence electrons. The lowest BCUT2D eigenvalue weighted by molar-refractivity contribution is -0.123. The SMILES string of the molecule is CC(C)C[C@H](NC(=O)OCc1ccccc1)C(=O)NCCCNC(=O)[C@H](CC(C)C)NC(=O)OCc1ccccc1. The Morgan fingerprint density at radius 1 is 0.610 bits per heavy atom. The van der Waals surface area contributed by atoms with Crippen molar-refractivity contribution in [3.63, 3.8) is 0 Å². The van der Waals surface area contributed by atoms with Crippen molar-refractivity contribution in [2.24, 2.45) is 11.8 Å². The molecule has 2 rings (SSSR count). The van der Waals surface area contributed by atoms with Crippen LogP contribution in [0.1, 0.15) is 58.1 Å². The first-order chi connectivity index (χ1) is 19.6. The van der Waals surface area contributed by atoms with Crippen LogP contribution in [0.25, 0.3) is 0 Å². The molecule has 0 aliphatic rings. The molecule has 0 radical (unpaired) electrons. The largest absolute Gasteiger partial charge is 0.445 e. The molecule has 0 saturated heterocycles. The summed E-state index contributed by atoms with van der Waals surface area (Å²) < 4.78 is 10.5. The van der Waals surface area contributed by atoms with E-state index in [0.717, 1.165) is 11.1 Å². The van der Waals surface area contributed by atoms with E-state index in [1.807, 2.05) is 88.4 Å². The number of hydrogen-bond donors (Lipinski definition) is 4. The minimum Gasteiger partial charge on any atom is -0.445 e. The predicted octanol–water partition coefficient (Wildman–Crippen LogP) is 4.29. The van der Waals surface area contributed by atoms with Crippen LogP contribution in [-0.2, 0) is 32.3 Å². The number of benzene rings is 2. The van der Waals surface area contributed by atoms with Gasteiger partial charge in [-0.15, -0.1) is 0 Å². The molecule has 10 heteroatoms. The molecule has 0 fully saturated rings. The second-order valence-corrected chi connectivity index (χ2v) is 10.7. The number of carbonyl (C=O) groups is 4. The third-order valence-electron chi connectivity index (χ3n) is 6.01. The van der Waals surface area contributed by atoms with Gasteiger partial charge in [0.05, 0.1) is 0 Å². The summed E-state index contributed by atoms with van der Waals surface area (Å²) in [5, 5.41) is 10.9. The zero-order valence-corrected chi connectivity index (χ0v) is 24.5. The molecule has 0 spiro atoms. The van der Waals surface area contributed by atoms with Crippen molar-refractivity contribution in [1.82, 2.24) is 21.3 Å². The second kappa shape index (κ2) is 18.3. The Morgan fingerprint density at radius 2 is 0.976 bits per heavy atom. The summed E-state index contributed by atoms with van der Waals surface area (Å²) in [4.78, 5) is 50.1. The summed E-state index contributed by atoms with van der Waals surface area (Å²) in [5.74, 6) is -0.294. The summed E-state index contributed by atoms with van der Waals surface area (Å²) in [7, 11) is 0. The van der Waals surface area contributed by atoms with Crippen molar-refractivity contribution in [2.45, 2.75) is 72.3 Å². The number of hydrogen-bond acceptors (Lipinski definition) is 6. The topological polar surface area (TPSA) is 135 Å². The lowest BCUT2D eigenvalue weighted by atomic mass is 10.0. The van der Waals surface area contributed by atoms with E-state index in [9.17, 15) is 19.2 Å². The minimum atomic E-state index is -0.741. The van der Waals surface area contributed by atoms with Gasteiger partial charge < -0.3 is 30.7 Å². The van der Waals surface area contributed by atoms with E-state index >= 15 is 0 Å². The van der Waals surface area contributed by atoms with Crippen LogP contribution in [0.4, 0.5) is 9.59 Å². The van der Waals surface area contributed by atoms with Crippen molar-refractivity contribution in [1.29, 1.82) is 0 Å². The van der Waals surface area contributed by atoms with Gasteiger partial charge in [-0.2, -0.15) is 0 Å². The number of amides is 4. The summed E-state index contributed by atoms with van der Waals surface area (Å²) in [6, 6.07) is 17.1. The van der Waals surface area contributed by atoms with Gasteiger partial charge in [0.1, 0.15) is 25.3 Å². The van der Waals surface area contributed by atoms with Crippen LogP contribution in [0.3, 0.4) is 0 Å². The van der Waals surface area contributed by atoms with E-state index in [2.05, 4.69) is 21.3 Å². The monoisotopic (exact) mass is 568 g/mol. The highest BCUT2D eigenvalue weighted by atomic mass is 16.6. The molecule has 0 saturated carbocycles. The normalized spacial score (nSPS) is 12.2. The molecule has 0 unspecified atom stereocenters. The third-order valence-corrected chi connectivity index (χ3v) is 6.01. The molecule has 0 heterocycles. The molecule has 0 aliphatic heterocycles. The van der Waals surface area contributed by atoms with Crippen LogP contribution >= 0.6 is 0 Å². The Hall–Kier alpha value is -4.08. The summed E-state index contributed by atoms with van der Waals surface area (Å²) in [6.45, 7) is 8.68. The maximum absolute atomic E-state index is 12.8. The number of alkyl carbamates (subject to hydrolysis) is 2. The zero-order valence-electron chi connectivity index (χ0n) is 24.5. The molecule has 0 aliphatic carbocycles. The molecule has 2 aromatic rings. The molecule has 4 amide bonds. The fraction of sp³-hybridized carbons (Fsp3) is 0.484. The fourth-order valence-electron chi connectivity index (χ4n) is 3.98. The van der Waals surface area contributed by atoms with Crippen molar-refractivity contribution >= 4 is 24.0 Å². The summed E-state index contributed by atoms with van der Waals surface area (Å²) in [6.07, 6.45) is 0.0514. The first-order valence-corrected chi connectivity index (χ1v) is 14.1. The Morgan fingerprint density at radius 3 is 1.32 bits per heavy atom. The first-order valence-electron chi connectivity index (χ1n) is 14.1. The Balaban J connectivity index is 1.74. The summed E-state index contributed by atoms with van der Waals surface area (Å²) >= 11 is 0. The predicted molar refractivity (Wildman–Crippen MR) is 157 cm³/mol. The second-order valence-electron chi connectivity index (χ2n) is 10.7. The van der Waals surface area contributed by atoms with E-state index in [4.69, 9.17) is 9.47 Å². The Labute approximate surface area is 242 Å². The number of rotatable bonds is 16.